The average molecular weight is 331 g/mol. The Labute approximate surface area is 147 Å². The fourth-order valence-electron chi connectivity index (χ4n) is 3.32. The first-order valence-corrected chi connectivity index (χ1v) is 8.50. The number of hydrogen-bond acceptors (Lipinski definition) is 2. The van der Waals surface area contributed by atoms with Crippen molar-refractivity contribution in [3.63, 3.8) is 0 Å². The summed E-state index contributed by atoms with van der Waals surface area (Å²) in [5, 5.41) is 13.3. The van der Waals surface area contributed by atoms with E-state index in [-0.39, 0.29) is 6.61 Å². The highest BCUT2D eigenvalue weighted by Crippen LogP contribution is 2.30. The summed E-state index contributed by atoms with van der Waals surface area (Å²) in [6.45, 7) is 2.52. The zero-order valence-corrected chi connectivity index (χ0v) is 14.2. The minimum absolute atomic E-state index is 0.234. The molecular weight excluding hydrogens is 310 g/mol. The van der Waals surface area contributed by atoms with Crippen LogP contribution in [-0.2, 0) is 6.54 Å². The summed E-state index contributed by atoms with van der Waals surface area (Å²) in [5.74, 6) is 0.769. The highest BCUT2D eigenvalue weighted by molar-refractivity contribution is 6.07. The quantitative estimate of drug-likeness (QED) is 0.579. The van der Waals surface area contributed by atoms with Crippen molar-refractivity contribution in [3.8, 4) is 5.75 Å². The molecule has 0 radical (unpaired) electrons. The molecule has 1 atom stereocenters. The van der Waals surface area contributed by atoms with Crippen molar-refractivity contribution >= 4 is 21.8 Å². The summed E-state index contributed by atoms with van der Waals surface area (Å²) in [7, 11) is 0. The lowest BCUT2D eigenvalue weighted by atomic mass is 10.1. The highest BCUT2D eigenvalue weighted by Gasteiger charge is 2.24. The monoisotopic (exact) mass is 331 g/mol. The first-order valence-electron chi connectivity index (χ1n) is 8.50. The zero-order valence-electron chi connectivity index (χ0n) is 14.2. The van der Waals surface area contributed by atoms with Gasteiger partial charge in [-0.25, -0.2) is 0 Å². The van der Waals surface area contributed by atoms with E-state index in [9.17, 15) is 5.11 Å². The number of benzene rings is 3. The molecule has 0 saturated carbocycles. The number of para-hydroxylation sites is 3. The summed E-state index contributed by atoms with van der Waals surface area (Å²) < 4.78 is 7.96. The minimum atomic E-state index is -0.986. The van der Waals surface area contributed by atoms with E-state index in [1.807, 2.05) is 49.4 Å². The molecule has 3 nitrogen and oxygen atoms in total. The molecule has 1 aromatic heterocycles. The van der Waals surface area contributed by atoms with Gasteiger partial charge < -0.3 is 14.4 Å². The lowest BCUT2D eigenvalue weighted by Gasteiger charge is -2.25. The number of aromatic nitrogens is 1. The molecule has 0 spiro atoms. The second-order valence-corrected chi connectivity index (χ2v) is 6.72. The van der Waals surface area contributed by atoms with Crippen molar-refractivity contribution in [2.75, 3.05) is 6.61 Å². The van der Waals surface area contributed by atoms with E-state index in [4.69, 9.17) is 4.74 Å². The molecule has 3 heteroatoms. The largest absolute Gasteiger partial charge is 0.491 e. The Morgan fingerprint density at radius 1 is 0.800 bits per heavy atom. The van der Waals surface area contributed by atoms with Crippen LogP contribution in [0.15, 0.2) is 78.9 Å². The predicted octanol–water partition coefficient (Wildman–Crippen LogP) is 4.62. The van der Waals surface area contributed by atoms with Crippen molar-refractivity contribution in [3.05, 3.63) is 78.9 Å². The molecule has 0 aliphatic rings. The molecule has 3 aromatic carbocycles. The summed E-state index contributed by atoms with van der Waals surface area (Å²) >= 11 is 0. The molecule has 0 saturated heterocycles. The summed E-state index contributed by atoms with van der Waals surface area (Å²) in [6, 6.07) is 26.2. The number of hydrogen-bond donors (Lipinski definition) is 1. The Bertz CT molecular complexity index is 949. The van der Waals surface area contributed by atoms with Crippen molar-refractivity contribution in [2.45, 2.75) is 19.1 Å². The average Bonchev–Trinajstić information content (AvgIpc) is 2.95. The van der Waals surface area contributed by atoms with Gasteiger partial charge in [-0.05, 0) is 31.2 Å². The van der Waals surface area contributed by atoms with Crippen LogP contribution in [0.3, 0.4) is 0 Å². The van der Waals surface area contributed by atoms with Crippen LogP contribution in [0.5, 0.6) is 5.75 Å². The van der Waals surface area contributed by atoms with Crippen molar-refractivity contribution in [2.24, 2.45) is 0 Å². The molecule has 1 N–H and O–H groups in total. The molecule has 0 amide bonds. The van der Waals surface area contributed by atoms with Crippen LogP contribution in [0, 0.1) is 0 Å². The van der Waals surface area contributed by atoms with Gasteiger partial charge in [0.15, 0.2) is 0 Å². The van der Waals surface area contributed by atoms with Crippen LogP contribution in [0.1, 0.15) is 6.92 Å². The summed E-state index contributed by atoms with van der Waals surface area (Å²) in [6.07, 6.45) is 0. The smallest absolute Gasteiger partial charge is 0.119 e. The Morgan fingerprint density at radius 3 is 1.92 bits per heavy atom. The molecule has 1 unspecified atom stereocenters. The number of aliphatic hydroxyl groups is 1. The standard InChI is InChI=1S/C22H21NO2/c1-22(24,16-25-17-9-3-2-4-10-17)15-23-20-13-7-5-11-18(20)19-12-6-8-14-21(19)23/h2-14,24H,15-16H2,1H3. The van der Waals surface area contributed by atoms with Gasteiger partial charge >= 0.3 is 0 Å². The van der Waals surface area contributed by atoms with E-state index in [1.54, 1.807) is 0 Å². The van der Waals surface area contributed by atoms with Gasteiger partial charge in [0.05, 0.1) is 6.54 Å². The van der Waals surface area contributed by atoms with Crippen LogP contribution in [0.4, 0.5) is 0 Å². The topological polar surface area (TPSA) is 34.4 Å². The third-order valence-corrected chi connectivity index (χ3v) is 4.47. The van der Waals surface area contributed by atoms with Gasteiger partial charge in [-0.15, -0.1) is 0 Å². The SMILES string of the molecule is CC(O)(COc1ccccc1)Cn1c2ccccc2c2ccccc21. The normalized spacial score (nSPS) is 13.8. The van der Waals surface area contributed by atoms with Crippen molar-refractivity contribution < 1.29 is 9.84 Å². The number of nitrogens with zero attached hydrogens (tertiary/aromatic N) is 1. The fourth-order valence-corrected chi connectivity index (χ4v) is 3.32. The van der Waals surface area contributed by atoms with E-state index in [0.717, 1.165) is 16.8 Å². The Kier molecular flexibility index (Phi) is 3.94. The van der Waals surface area contributed by atoms with Gasteiger partial charge in [-0.3, -0.25) is 0 Å². The Hall–Kier alpha value is -2.78. The molecular formula is C22H21NO2. The van der Waals surface area contributed by atoms with Gasteiger partial charge in [-0.1, -0.05) is 54.6 Å². The highest BCUT2D eigenvalue weighted by atomic mass is 16.5. The van der Waals surface area contributed by atoms with Crippen molar-refractivity contribution in [1.29, 1.82) is 0 Å². The molecule has 1 heterocycles. The zero-order chi connectivity index (χ0) is 17.3. The minimum Gasteiger partial charge on any atom is -0.491 e. The number of ether oxygens (including phenoxy) is 1. The molecule has 0 aliphatic carbocycles. The molecule has 0 bridgehead atoms. The van der Waals surface area contributed by atoms with E-state index in [1.165, 1.54) is 10.8 Å². The van der Waals surface area contributed by atoms with E-state index in [0.29, 0.717) is 6.54 Å². The second kappa shape index (κ2) is 6.26. The second-order valence-electron chi connectivity index (χ2n) is 6.72. The Morgan fingerprint density at radius 2 is 1.32 bits per heavy atom. The van der Waals surface area contributed by atoms with E-state index >= 15 is 0 Å². The Balaban J connectivity index is 1.67. The van der Waals surface area contributed by atoms with Crippen LogP contribution in [-0.4, -0.2) is 21.9 Å². The van der Waals surface area contributed by atoms with Gasteiger partial charge in [0.1, 0.15) is 18.0 Å². The number of rotatable bonds is 5. The van der Waals surface area contributed by atoms with Gasteiger partial charge in [0.2, 0.25) is 0 Å². The van der Waals surface area contributed by atoms with Gasteiger partial charge in [-0.2, -0.15) is 0 Å². The number of fused-ring (bicyclic) bond motifs is 3. The summed E-state index contributed by atoms with van der Waals surface area (Å²) in [5.41, 5.74) is 1.27. The van der Waals surface area contributed by atoms with Crippen LogP contribution >= 0.6 is 0 Å². The molecule has 0 aliphatic heterocycles. The van der Waals surface area contributed by atoms with Gasteiger partial charge in [0.25, 0.3) is 0 Å². The third kappa shape index (κ3) is 3.11. The van der Waals surface area contributed by atoms with Crippen molar-refractivity contribution in [1.82, 2.24) is 4.57 Å². The molecule has 4 aromatic rings. The van der Waals surface area contributed by atoms with E-state index < -0.39 is 5.60 Å². The lowest BCUT2D eigenvalue weighted by Crippen LogP contribution is -2.37. The lowest BCUT2D eigenvalue weighted by molar-refractivity contribution is -0.00106. The first-order chi connectivity index (χ1) is 12.1. The molecule has 126 valence electrons. The maximum absolute atomic E-state index is 10.9. The van der Waals surface area contributed by atoms with Gasteiger partial charge in [0, 0.05) is 21.8 Å². The van der Waals surface area contributed by atoms with Crippen LogP contribution in [0.25, 0.3) is 21.8 Å². The first kappa shape index (κ1) is 15.7. The maximum atomic E-state index is 10.9. The fraction of sp³-hybridized carbons (Fsp3) is 0.182. The molecule has 4 rings (SSSR count). The summed E-state index contributed by atoms with van der Waals surface area (Å²) in [4.78, 5) is 0. The van der Waals surface area contributed by atoms with Crippen LogP contribution in [0.2, 0.25) is 0 Å². The predicted molar refractivity (Wildman–Crippen MR) is 102 cm³/mol. The molecule has 0 fully saturated rings. The molecule has 25 heavy (non-hydrogen) atoms. The van der Waals surface area contributed by atoms with Crippen LogP contribution < -0.4 is 4.74 Å². The maximum Gasteiger partial charge on any atom is 0.119 e. The van der Waals surface area contributed by atoms with E-state index in [2.05, 4.69) is 41.0 Å². The third-order valence-electron chi connectivity index (χ3n) is 4.47.